The SMILES string of the molecule is CCOC(=O)c1cnc(SC(C)C(=O)c2ccccc2)nc1N. The number of ether oxygens (including phenoxy) is 1. The molecule has 120 valence electrons. The van der Waals surface area contributed by atoms with Crippen LogP contribution in [0, 0.1) is 0 Å². The van der Waals surface area contributed by atoms with Gasteiger partial charge in [-0.25, -0.2) is 14.8 Å². The summed E-state index contributed by atoms with van der Waals surface area (Å²) in [6, 6.07) is 9.00. The van der Waals surface area contributed by atoms with Crippen molar-refractivity contribution in [2.24, 2.45) is 0 Å². The zero-order chi connectivity index (χ0) is 16.8. The molecule has 0 aliphatic carbocycles. The molecule has 0 radical (unpaired) electrons. The summed E-state index contributed by atoms with van der Waals surface area (Å²) >= 11 is 1.19. The average Bonchev–Trinajstić information content (AvgIpc) is 2.55. The number of nitrogens with zero attached hydrogens (tertiary/aromatic N) is 2. The molecule has 2 rings (SSSR count). The van der Waals surface area contributed by atoms with Gasteiger partial charge in [0.1, 0.15) is 11.4 Å². The average molecular weight is 331 g/mol. The molecule has 0 fully saturated rings. The number of esters is 1. The van der Waals surface area contributed by atoms with Crippen LogP contribution in [0.25, 0.3) is 0 Å². The van der Waals surface area contributed by atoms with Gasteiger partial charge in [-0.1, -0.05) is 42.1 Å². The van der Waals surface area contributed by atoms with E-state index in [0.29, 0.717) is 10.7 Å². The first kappa shape index (κ1) is 17.0. The lowest BCUT2D eigenvalue weighted by Crippen LogP contribution is -2.15. The van der Waals surface area contributed by atoms with E-state index < -0.39 is 5.97 Å². The van der Waals surface area contributed by atoms with Crippen molar-refractivity contribution in [2.75, 3.05) is 12.3 Å². The molecule has 0 saturated carbocycles. The van der Waals surface area contributed by atoms with E-state index in [-0.39, 0.29) is 29.0 Å². The van der Waals surface area contributed by atoms with E-state index in [9.17, 15) is 9.59 Å². The molecule has 0 spiro atoms. The maximum Gasteiger partial charge on any atom is 0.343 e. The fourth-order valence-corrected chi connectivity index (χ4v) is 2.67. The third-order valence-corrected chi connectivity index (χ3v) is 3.98. The number of carbonyl (C=O) groups is 2. The van der Waals surface area contributed by atoms with Crippen LogP contribution in [-0.2, 0) is 4.74 Å². The van der Waals surface area contributed by atoms with Gasteiger partial charge in [-0.3, -0.25) is 4.79 Å². The molecule has 7 heteroatoms. The van der Waals surface area contributed by atoms with Crippen molar-refractivity contribution in [3.8, 4) is 0 Å². The van der Waals surface area contributed by atoms with Crippen molar-refractivity contribution in [1.82, 2.24) is 9.97 Å². The van der Waals surface area contributed by atoms with Gasteiger partial charge in [0.25, 0.3) is 0 Å². The van der Waals surface area contributed by atoms with Gasteiger partial charge in [-0.2, -0.15) is 0 Å². The van der Waals surface area contributed by atoms with Gasteiger partial charge in [0, 0.05) is 11.8 Å². The summed E-state index contributed by atoms with van der Waals surface area (Å²) in [5.41, 5.74) is 6.52. The number of rotatable bonds is 6. The number of carbonyl (C=O) groups excluding carboxylic acids is 2. The van der Waals surface area contributed by atoms with Crippen LogP contribution in [0.1, 0.15) is 34.6 Å². The fourth-order valence-electron chi connectivity index (χ4n) is 1.85. The van der Waals surface area contributed by atoms with Crippen LogP contribution < -0.4 is 5.73 Å². The van der Waals surface area contributed by atoms with Crippen LogP contribution >= 0.6 is 11.8 Å². The second kappa shape index (κ2) is 7.73. The lowest BCUT2D eigenvalue weighted by atomic mass is 10.1. The van der Waals surface area contributed by atoms with Crippen LogP contribution in [0.2, 0.25) is 0 Å². The highest BCUT2D eigenvalue weighted by atomic mass is 32.2. The summed E-state index contributed by atoms with van der Waals surface area (Å²) in [6.45, 7) is 3.73. The summed E-state index contributed by atoms with van der Waals surface area (Å²) in [4.78, 5) is 32.1. The lowest BCUT2D eigenvalue weighted by Gasteiger charge is -2.10. The first-order valence-corrected chi connectivity index (χ1v) is 7.96. The maximum absolute atomic E-state index is 12.3. The van der Waals surface area contributed by atoms with E-state index in [1.165, 1.54) is 18.0 Å². The Morgan fingerprint density at radius 3 is 2.61 bits per heavy atom. The molecule has 2 N–H and O–H groups in total. The number of benzene rings is 1. The molecular weight excluding hydrogens is 314 g/mol. The fraction of sp³-hybridized carbons (Fsp3) is 0.250. The smallest absolute Gasteiger partial charge is 0.343 e. The highest BCUT2D eigenvalue weighted by Gasteiger charge is 2.19. The van der Waals surface area contributed by atoms with E-state index in [2.05, 4.69) is 9.97 Å². The van der Waals surface area contributed by atoms with Crippen molar-refractivity contribution in [3.05, 3.63) is 47.7 Å². The van der Waals surface area contributed by atoms with Crippen molar-refractivity contribution in [2.45, 2.75) is 24.3 Å². The molecule has 1 heterocycles. The van der Waals surface area contributed by atoms with Crippen molar-refractivity contribution in [3.63, 3.8) is 0 Å². The van der Waals surface area contributed by atoms with Crippen LogP contribution in [0.3, 0.4) is 0 Å². The lowest BCUT2D eigenvalue weighted by molar-refractivity contribution is 0.0526. The quantitative estimate of drug-likeness (QED) is 0.376. The highest BCUT2D eigenvalue weighted by Crippen LogP contribution is 2.24. The molecule has 2 aromatic rings. The summed E-state index contributed by atoms with van der Waals surface area (Å²) in [6.07, 6.45) is 1.32. The number of nitrogen functional groups attached to an aromatic ring is 1. The minimum atomic E-state index is -0.560. The Morgan fingerprint density at radius 1 is 1.30 bits per heavy atom. The number of hydrogen-bond acceptors (Lipinski definition) is 7. The second-order valence-corrected chi connectivity index (χ2v) is 5.97. The minimum absolute atomic E-state index is 0.0211. The Morgan fingerprint density at radius 2 is 2.00 bits per heavy atom. The topological polar surface area (TPSA) is 95.2 Å². The third kappa shape index (κ3) is 4.29. The van der Waals surface area contributed by atoms with E-state index in [1.54, 1.807) is 26.0 Å². The number of thioether (sulfide) groups is 1. The molecule has 1 atom stereocenters. The molecule has 0 aliphatic rings. The zero-order valence-corrected chi connectivity index (χ0v) is 13.7. The Kier molecular flexibility index (Phi) is 5.70. The Bertz CT molecular complexity index is 707. The predicted molar refractivity (Wildman–Crippen MR) is 88.5 cm³/mol. The predicted octanol–water partition coefficient (Wildman–Crippen LogP) is 2.60. The maximum atomic E-state index is 12.3. The Hall–Kier alpha value is -2.41. The first-order valence-electron chi connectivity index (χ1n) is 7.08. The van der Waals surface area contributed by atoms with E-state index in [1.807, 2.05) is 18.2 Å². The van der Waals surface area contributed by atoms with Gasteiger partial charge in [0.05, 0.1) is 11.9 Å². The van der Waals surface area contributed by atoms with Crippen LogP contribution in [0.4, 0.5) is 5.82 Å². The zero-order valence-electron chi connectivity index (χ0n) is 12.9. The van der Waals surface area contributed by atoms with Crippen LogP contribution in [-0.4, -0.2) is 33.6 Å². The number of hydrogen-bond donors (Lipinski definition) is 1. The molecule has 23 heavy (non-hydrogen) atoms. The van der Waals surface area contributed by atoms with Crippen molar-refractivity contribution < 1.29 is 14.3 Å². The number of nitrogens with two attached hydrogens (primary N) is 1. The monoisotopic (exact) mass is 331 g/mol. The molecule has 1 unspecified atom stereocenters. The van der Waals surface area contributed by atoms with E-state index in [0.717, 1.165) is 0 Å². The molecule has 0 saturated heterocycles. The number of ketones is 1. The second-order valence-electron chi connectivity index (χ2n) is 4.66. The molecule has 1 aromatic heterocycles. The first-order chi connectivity index (χ1) is 11.0. The Balaban J connectivity index is 2.10. The van der Waals surface area contributed by atoms with Gasteiger partial charge >= 0.3 is 5.97 Å². The summed E-state index contributed by atoms with van der Waals surface area (Å²) < 4.78 is 4.87. The van der Waals surface area contributed by atoms with Gasteiger partial charge in [-0.15, -0.1) is 0 Å². The van der Waals surface area contributed by atoms with Gasteiger partial charge in [0.2, 0.25) is 0 Å². The molecule has 6 nitrogen and oxygen atoms in total. The minimum Gasteiger partial charge on any atom is -0.462 e. The third-order valence-electron chi connectivity index (χ3n) is 3.00. The molecular formula is C16H17N3O3S. The van der Waals surface area contributed by atoms with Crippen molar-refractivity contribution >= 4 is 29.3 Å². The Labute approximate surface area is 138 Å². The highest BCUT2D eigenvalue weighted by molar-refractivity contribution is 8.00. The molecule has 0 bridgehead atoms. The van der Waals surface area contributed by atoms with Gasteiger partial charge in [-0.05, 0) is 13.8 Å². The largest absolute Gasteiger partial charge is 0.462 e. The van der Waals surface area contributed by atoms with Gasteiger partial charge in [0.15, 0.2) is 10.9 Å². The summed E-state index contributed by atoms with van der Waals surface area (Å²) in [7, 11) is 0. The molecule has 0 amide bonds. The van der Waals surface area contributed by atoms with Gasteiger partial charge < -0.3 is 10.5 Å². The normalized spacial score (nSPS) is 11.7. The molecule has 0 aliphatic heterocycles. The summed E-state index contributed by atoms with van der Waals surface area (Å²) in [5, 5.41) is -0.0300. The van der Waals surface area contributed by atoms with Crippen LogP contribution in [0.15, 0.2) is 41.7 Å². The van der Waals surface area contributed by atoms with E-state index in [4.69, 9.17) is 10.5 Å². The molecule has 1 aromatic carbocycles. The standard InChI is InChI=1S/C16H17N3O3S/c1-3-22-15(21)12-9-18-16(19-14(12)17)23-10(2)13(20)11-7-5-4-6-8-11/h4-10H,3H2,1-2H3,(H2,17,18,19). The summed E-state index contributed by atoms with van der Waals surface area (Å²) in [5.74, 6) is -0.539. The number of aromatic nitrogens is 2. The van der Waals surface area contributed by atoms with Crippen molar-refractivity contribution in [1.29, 1.82) is 0 Å². The number of anilines is 1. The van der Waals surface area contributed by atoms with E-state index >= 15 is 0 Å². The number of Topliss-reactive ketones (excluding diaryl/α,β-unsaturated/α-hetero) is 1. The van der Waals surface area contributed by atoms with Crippen LogP contribution in [0.5, 0.6) is 0 Å².